The van der Waals surface area contributed by atoms with Crippen molar-refractivity contribution >= 4 is 5.91 Å². The second-order valence-electron chi connectivity index (χ2n) is 10.2. The van der Waals surface area contributed by atoms with Crippen LogP contribution in [0.15, 0.2) is 42.5 Å². The number of aryl methyl sites for hydroxylation is 2. The van der Waals surface area contributed by atoms with Gasteiger partial charge in [-0.25, -0.2) is 0 Å². The Kier molecular flexibility index (Phi) is 24.0. The van der Waals surface area contributed by atoms with Crippen LogP contribution in [0.2, 0.25) is 0 Å². The average molecular weight is 666 g/mol. The molecule has 2 aromatic carbocycles. The predicted octanol–water partition coefficient (Wildman–Crippen LogP) is 3.51. The zero-order valence-electron chi connectivity index (χ0n) is 28.5. The van der Waals surface area contributed by atoms with Gasteiger partial charge in [-0.3, -0.25) is 4.79 Å². The van der Waals surface area contributed by atoms with Gasteiger partial charge in [-0.1, -0.05) is 18.2 Å². The molecule has 12 heteroatoms. The quantitative estimate of drug-likeness (QED) is 0.119. The Bertz CT molecular complexity index is 1060. The van der Waals surface area contributed by atoms with Crippen LogP contribution in [0.4, 0.5) is 0 Å². The molecule has 0 saturated heterocycles. The van der Waals surface area contributed by atoms with E-state index in [1.54, 1.807) is 14.2 Å². The normalized spacial score (nSPS) is 11.0. The van der Waals surface area contributed by atoms with E-state index in [2.05, 4.69) is 17.4 Å². The Balaban J connectivity index is 1.36. The number of carbonyl (C=O) groups excluding carboxylic acids is 1. The molecule has 0 heterocycles. The first-order chi connectivity index (χ1) is 23.2. The molecular weight excluding hydrogens is 610 g/mol. The third kappa shape index (κ3) is 20.8. The molecule has 47 heavy (non-hydrogen) atoms. The number of amides is 1. The van der Waals surface area contributed by atoms with Gasteiger partial charge in [-0.15, -0.1) is 0 Å². The van der Waals surface area contributed by atoms with Gasteiger partial charge in [0.2, 0.25) is 0 Å². The highest BCUT2D eigenvalue weighted by Crippen LogP contribution is 2.28. The first-order valence-electron chi connectivity index (χ1n) is 16.4. The smallest absolute Gasteiger partial charge is 0.258 e. The minimum absolute atomic E-state index is 0.0534. The van der Waals surface area contributed by atoms with Crippen LogP contribution >= 0.6 is 0 Å². The van der Waals surface area contributed by atoms with E-state index < -0.39 is 0 Å². The van der Waals surface area contributed by atoms with Crippen LogP contribution in [0.3, 0.4) is 0 Å². The van der Waals surface area contributed by atoms with Crippen molar-refractivity contribution < 1.29 is 52.2 Å². The molecule has 2 rings (SSSR count). The standard InChI is InChI=1S/C35H55NO11/c1-4-40-15-16-42-19-20-44-23-24-46-26-25-45-22-21-43-18-17-41-14-13-36-35(37)29-47-32-10-6-9-30(27-32)7-5-8-31-11-12-33(38-2)34(28-31)39-3/h6,9-12,27-28H,4-5,7-8,13-26,29H2,1-3H3,(H,36,37). The van der Waals surface area contributed by atoms with Gasteiger partial charge in [0, 0.05) is 13.2 Å². The minimum Gasteiger partial charge on any atom is -0.493 e. The summed E-state index contributed by atoms with van der Waals surface area (Å²) in [5, 5.41) is 2.80. The number of rotatable bonds is 31. The summed E-state index contributed by atoms with van der Waals surface area (Å²) in [4.78, 5) is 12.2. The molecule has 0 radical (unpaired) electrons. The largest absolute Gasteiger partial charge is 0.493 e. The lowest BCUT2D eigenvalue weighted by molar-refractivity contribution is -0.123. The highest BCUT2D eigenvalue weighted by Gasteiger charge is 2.06. The summed E-state index contributed by atoms with van der Waals surface area (Å²) in [6.07, 6.45) is 2.78. The zero-order valence-corrected chi connectivity index (χ0v) is 28.5. The van der Waals surface area contributed by atoms with Crippen molar-refractivity contribution in [1.29, 1.82) is 0 Å². The van der Waals surface area contributed by atoms with Crippen LogP contribution < -0.4 is 19.5 Å². The van der Waals surface area contributed by atoms with Crippen LogP contribution in [-0.2, 0) is 50.8 Å². The predicted molar refractivity (Wildman–Crippen MR) is 178 cm³/mol. The minimum atomic E-state index is -0.198. The van der Waals surface area contributed by atoms with E-state index in [0.717, 1.165) is 36.3 Å². The molecule has 0 aliphatic rings. The fourth-order valence-corrected chi connectivity index (χ4v) is 4.25. The summed E-state index contributed by atoms with van der Waals surface area (Å²) in [5.41, 5.74) is 2.35. The van der Waals surface area contributed by atoms with Gasteiger partial charge < -0.3 is 52.7 Å². The Morgan fingerprint density at radius 2 is 1.11 bits per heavy atom. The van der Waals surface area contributed by atoms with Crippen molar-refractivity contribution in [2.24, 2.45) is 0 Å². The third-order valence-electron chi connectivity index (χ3n) is 6.65. The molecule has 0 unspecified atom stereocenters. The highest BCUT2D eigenvalue weighted by atomic mass is 16.6. The van der Waals surface area contributed by atoms with E-state index in [1.807, 2.05) is 37.3 Å². The SMILES string of the molecule is CCOCCOCCOCCOCCOCCOCCOCCNC(=O)COc1cccc(CCCc2ccc(OC)c(OC)c2)c1. The molecule has 0 aliphatic heterocycles. The molecule has 2 aromatic rings. The molecule has 0 atom stereocenters. The monoisotopic (exact) mass is 665 g/mol. The van der Waals surface area contributed by atoms with Gasteiger partial charge in [-0.2, -0.15) is 0 Å². The Hall–Kier alpha value is -2.97. The number of carbonyl (C=O) groups is 1. The number of benzene rings is 2. The second-order valence-corrected chi connectivity index (χ2v) is 10.2. The van der Waals surface area contributed by atoms with E-state index >= 15 is 0 Å². The molecule has 0 spiro atoms. The molecule has 12 nitrogen and oxygen atoms in total. The van der Waals surface area contributed by atoms with Crippen molar-refractivity contribution in [2.75, 3.05) is 120 Å². The van der Waals surface area contributed by atoms with Gasteiger partial charge in [0.15, 0.2) is 18.1 Å². The number of ether oxygens (including phenoxy) is 10. The van der Waals surface area contributed by atoms with Crippen LogP contribution in [0, 0.1) is 0 Å². The summed E-state index contributed by atoms with van der Waals surface area (Å²) in [5.74, 6) is 1.94. The summed E-state index contributed by atoms with van der Waals surface area (Å²) >= 11 is 0. The maximum Gasteiger partial charge on any atom is 0.258 e. The molecule has 1 amide bonds. The highest BCUT2D eigenvalue weighted by molar-refractivity contribution is 5.77. The lowest BCUT2D eigenvalue weighted by atomic mass is 10.0. The Labute approximate surface area is 280 Å². The summed E-state index contributed by atoms with van der Waals surface area (Å²) < 4.78 is 54.3. The molecular formula is C35H55NO11. The van der Waals surface area contributed by atoms with Crippen LogP contribution in [0.1, 0.15) is 24.5 Å². The van der Waals surface area contributed by atoms with Crippen LogP contribution in [0.5, 0.6) is 17.2 Å². The number of methoxy groups -OCH3 is 2. The van der Waals surface area contributed by atoms with Crippen molar-refractivity contribution in [2.45, 2.75) is 26.2 Å². The number of hydrogen-bond acceptors (Lipinski definition) is 11. The number of nitrogens with one attached hydrogen (secondary N) is 1. The number of hydrogen-bond donors (Lipinski definition) is 1. The van der Waals surface area contributed by atoms with E-state index in [-0.39, 0.29) is 12.5 Å². The van der Waals surface area contributed by atoms with Crippen LogP contribution in [0.25, 0.3) is 0 Å². The van der Waals surface area contributed by atoms with Crippen molar-refractivity contribution in [3.63, 3.8) is 0 Å². The van der Waals surface area contributed by atoms with Gasteiger partial charge in [0.25, 0.3) is 5.91 Å². The first kappa shape index (κ1) is 40.2. The molecule has 0 saturated carbocycles. The topological polar surface area (TPSA) is 121 Å². The maximum absolute atomic E-state index is 12.2. The van der Waals surface area contributed by atoms with Gasteiger partial charge in [0.05, 0.1) is 100 Å². The van der Waals surface area contributed by atoms with Crippen molar-refractivity contribution in [3.8, 4) is 17.2 Å². The van der Waals surface area contributed by atoms with Crippen molar-refractivity contribution in [3.05, 3.63) is 53.6 Å². The fraction of sp³-hybridized carbons (Fsp3) is 0.629. The summed E-state index contributed by atoms with van der Waals surface area (Å²) in [6, 6.07) is 13.8. The van der Waals surface area contributed by atoms with E-state index in [0.29, 0.717) is 105 Å². The first-order valence-corrected chi connectivity index (χ1v) is 16.4. The van der Waals surface area contributed by atoms with Crippen LogP contribution in [-0.4, -0.2) is 126 Å². The van der Waals surface area contributed by atoms with E-state index in [9.17, 15) is 4.79 Å². The molecule has 266 valence electrons. The second kappa shape index (κ2) is 28.1. The van der Waals surface area contributed by atoms with E-state index in [1.165, 1.54) is 5.56 Å². The Morgan fingerprint density at radius 1 is 0.596 bits per heavy atom. The molecule has 0 aromatic heterocycles. The molecule has 0 fully saturated rings. The summed E-state index contributed by atoms with van der Waals surface area (Å²) in [7, 11) is 3.27. The molecule has 1 N–H and O–H groups in total. The summed E-state index contributed by atoms with van der Waals surface area (Å²) in [6.45, 7) is 9.57. The van der Waals surface area contributed by atoms with Gasteiger partial charge in [0.1, 0.15) is 5.75 Å². The van der Waals surface area contributed by atoms with E-state index in [4.69, 9.17) is 47.4 Å². The molecule has 0 aliphatic carbocycles. The van der Waals surface area contributed by atoms with Gasteiger partial charge >= 0.3 is 0 Å². The fourth-order valence-electron chi connectivity index (χ4n) is 4.25. The lowest BCUT2D eigenvalue weighted by Crippen LogP contribution is -2.31. The van der Waals surface area contributed by atoms with Gasteiger partial charge in [-0.05, 0) is 61.6 Å². The Morgan fingerprint density at radius 3 is 1.64 bits per heavy atom. The average Bonchev–Trinajstić information content (AvgIpc) is 3.09. The van der Waals surface area contributed by atoms with Crippen molar-refractivity contribution in [1.82, 2.24) is 5.32 Å². The third-order valence-corrected chi connectivity index (χ3v) is 6.65. The molecule has 0 bridgehead atoms. The maximum atomic E-state index is 12.2. The zero-order chi connectivity index (χ0) is 33.6. The lowest BCUT2D eigenvalue weighted by Gasteiger charge is -2.11.